The van der Waals surface area contributed by atoms with E-state index >= 15 is 0 Å². The molecule has 0 unspecified atom stereocenters. The van der Waals surface area contributed by atoms with Crippen LogP contribution in [0.15, 0.2) is 97.2 Å². The fourth-order valence-electron chi connectivity index (χ4n) is 3.19. The summed E-state index contributed by atoms with van der Waals surface area (Å²) >= 11 is 5.40. The molecule has 0 aliphatic heterocycles. The largest absolute Gasteiger partial charge is 0.457 e. The molecule has 0 aliphatic carbocycles. The van der Waals surface area contributed by atoms with Gasteiger partial charge in [0.15, 0.2) is 5.11 Å². The Morgan fingerprint density at radius 3 is 1.97 bits per heavy atom. The van der Waals surface area contributed by atoms with Gasteiger partial charge in [-0.05, 0) is 78.9 Å². The van der Waals surface area contributed by atoms with E-state index in [1.807, 2.05) is 42.5 Å². The van der Waals surface area contributed by atoms with Crippen molar-refractivity contribution in [1.29, 1.82) is 0 Å². The van der Waals surface area contributed by atoms with Crippen LogP contribution in [0.2, 0.25) is 0 Å². The summed E-state index contributed by atoms with van der Waals surface area (Å²) in [6.45, 7) is 0. The number of thiocarbonyl (C=S) groups is 1. The minimum Gasteiger partial charge on any atom is -0.457 e. The van der Waals surface area contributed by atoms with Crippen LogP contribution >= 0.6 is 12.2 Å². The molecule has 4 rings (SSSR count). The van der Waals surface area contributed by atoms with Crippen molar-refractivity contribution >= 4 is 46.2 Å². The highest BCUT2D eigenvalue weighted by molar-refractivity contribution is 7.80. The topological polar surface area (TPSA) is 104 Å². The van der Waals surface area contributed by atoms with Crippen molar-refractivity contribution in [2.24, 2.45) is 0 Å². The van der Waals surface area contributed by atoms with Crippen LogP contribution in [-0.4, -0.2) is 29.0 Å². The van der Waals surface area contributed by atoms with Crippen molar-refractivity contribution in [3.05, 3.63) is 108 Å². The van der Waals surface area contributed by atoms with Gasteiger partial charge in [0.1, 0.15) is 17.2 Å². The minimum absolute atomic E-state index is 0.188. The molecule has 0 fully saturated rings. The number of carbonyl (C=O) groups excluding carboxylic acids is 2. The molecular formula is C27H23N5O3S. The summed E-state index contributed by atoms with van der Waals surface area (Å²) in [5.74, 6) is 0.624. The standard InChI is InChI=1S/C27H23N5O3S/c1-28-26(34)24-17-23(15-16-29-24)35-22-13-11-21(12-14-22)32-27(36)31-20-9-7-18(8-10-20)25(33)30-19-5-3-2-4-6-19/h2-17H,1H3,(H,28,34)(H,30,33)(H2,31,32,36). The van der Waals surface area contributed by atoms with Crippen LogP contribution in [0.25, 0.3) is 0 Å². The van der Waals surface area contributed by atoms with Gasteiger partial charge in [-0.1, -0.05) is 18.2 Å². The monoisotopic (exact) mass is 497 g/mol. The molecule has 36 heavy (non-hydrogen) atoms. The maximum Gasteiger partial charge on any atom is 0.269 e. The lowest BCUT2D eigenvalue weighted by Gasteiger charge is -2.12. The molecule has 0 saturated carbocycles. The molecule has 0 saturated heterocycles. The second-order valence-corrected chi connectivity index (χ2v) is 7.97. The highest BCUT2D eigenvalue weighted by atomic mass is 32.1. The molecular weight excluding hydrogens is 474 g/mol. The minimum atomic E-state index is -0.286. The van der Waals surface area contributed by atoms with Crippen molar-refractivity contribution in [2.75, 3.05) is 23.0 Å². The number of pyridine rings is 1. The molecule has 2 amide bonds. The predicted octanol–water partition coefficient (Wildman–Crippen LogP) is 5.29. The SMILES string of the molecule is CNC(=O)c1cc(Oc2ccc(NC(=S)Nc3ccc(C(=O)Nc4ccccc4)cc3)cc2)ccn1. The Kier molecular flexibility index (Phi) is 7.84. The summed E-state index contributed by atoms with van der Waals surface area (Å²) < 4.78 is 5.81. The molecule has 1 heterocycles. The van der Waals surface area contributed by atoms with Crippen LogP contribution in [0.3, 0.4) is 0 Å². The van der Waals surface area contributed by atoms with E-state index in [4.69, 9.17) is 17.0 Å². The van der Waals surface area contributed by atoms with Crippen LogP contribution in [-0.2, 0) is 0 Å². The average Bonchev–Trinajstić information content (AvgIpc) is 2.90. The molecule has 9 heteroatoms. The van der Waals surface area contributed by atoms with Crippen LogP contribution < -0.4 is 26.0 Å². The van der Waals surface area contributed by atoms with Gasteiger partial charge in [-0.15, -0.1) is 0 Å². The van der Waals surface area contributed by atoms with Crippen LogP contribution in [0, 0.1) is 0 Å². The average molecular weight is 498 g/mol. The van der Waals surface area contributed by atoms with Gasteiger partial charge in [0.25, 0.3) is 11.8 Å². The zero-order chi connectivity index (χ0) is 25.3. The summed E-state index contributed by atoms with van der Waals surface area (Å²) in [6, 6.07) is 26.8. The number of nitrogens with zero attached hydrogens (tertiary/aromatic N) is 1. The first-order chi connectivity index (χ1) is 17.5. The van der Waals surface area contributed by atoms with E-state index in [0.29, 0.717) is 22.2 Å². The number of rotatable bonds is 7. The van der Waals surface area contributed by atoms with Gasteiger partial charge in [-0.25, -0.2) is 0 Å². The van der Waals surface area contributed by atoms with Crippen molar-refractivity contribution < 1.29 is 14.3 Å². The van der Waals surface area contributed by atoms with Gasteiger partial charge in [-0.2, -0.15) is 0 Å². The number of hydrogen-bond donors (Lipinski definition) is 4. The van der Waals surface area contributed by atoms with Gasteiger partial charge >= 0.3 is 0 Å². The summed E-state index contributed by atoms with van der Waals surface area (Å²) in [5, 5.41) is 12.0. The first-order valence-corrected chi connectivity index (χ1v) is 11.4. The molecule has 0 atom stereocenters. The Morgan fingerprint density at radius 2 is 1.33 bits per heavy atom. The van der Waals surface area contributed by atoms with Gasteiger partial charge in [0.05, 0.1) is 0 Å². The van der Waals surface area contributed by atoms with Crippen LogP contribution in [0.5, 0.6) is 11.5 Å². The highest BCUT2D eigenvalue weighted by Crippen LogP contribution is 2.23. The van der Waals surface area contributed by atoms with Crippen LogP contribution in [0.1, 0.15) is 20.8 Å². The van der Waals surface area contributed by atoms with Gasteiger partial charge in [-0.3, -0.25) is 14.6 Å². The maximum atomic E-state index is 12.4. The van der Waals surface area contributed by atoms with Gasteiger partial charge < -0.3 is 26.0 Å². The Labute approximate surface area is 213 Å². The molecule has 1 aromatic heterocycles. The highest BCUT2D eigenvalue weighted by Gasteiger charge is 2.08. The van der Waals surface area contributed by atoms with E-state index in [-0.39, 0.29) is 17.5 Å². The van der Waals surface area contributed by atoms with Crippen molar-refractivity contribution in [3.8, 4) is 11.5 Å². The molecule has 180 valence electrons. The van der Waals surface area contributed by atoms with Crippen molar-refractivity contribution in [1.82, 2.24) is 10.3 Å². The van der Waals surface area contributed by atoms with Gasteiger partial charge in [0, 0.05) is 41.9 Å². The number of amides is 2. The molecule has 8 nitrogen and oxygen atoms in total. The number of aromatic nitrogens is 1. The first-order valence-electron chi connectivity index (χ1n) is 11.0. The smallest absolute Gasteiger partial charge is 0.269 e. The van der Waals surface area contributed by atoms with E-state index < -0.39 is 0 Å². The molecule has 0 radical (unpaired) electrons. The number of ether oxygens (including phenoxy) is 1. The summed E-state index contributed by atoms with van der Waals surface area (Å²) in [4.78, 5) is 28.1. The van der Waals surface area contributed by atoms with Crippen molar-refractivity contribution in [2.45, 2.75) is 0 Å². The zero-order valence-corrected chi connectivity index (χ0v) is 20.1. The van der Waals surface area contributed by atoms with Gasteiger partial charge in [0.2, 0.25) is 0 Å². The number of nitrogens with one attached hydrogen (secondary N) is 4. The molecule has 0 aliphatic rings. The maximum absolute atomic E-state index is 12.4. The molecule has 0 bridgehead atoms. The Morgan fingerprint density at radius 1 is 0.722 bits per heavy atom. The van der Waals surface area contributed by atoms with Crippen LogP contribution in [0.4, 0.5) is 17.1 Å². The summed E-state index contributed by atoms with van der Waals surface area (Å²) in [5.41, 5.74) is 3.05. The molecule has 3 aromatic carbocycles. The van der Waals surface area contributed by atoms with E-state index in [2.05, 4.69) is 26.3 Å². The Balaban J connectivity index is 1.30. The second kappa shape index (κ2) is 11.6. The second-order valence-electron chi connectivity index (χ2n) is 7.56. The molecule has 4 aromatic rings. The number of carbonyl (C=O) groups is 2. The zero-order valence-electron chi connectivity index (χ0n) is 19.3. The molecule has 0 spiro atoms. The lowest BCUT2D eigenvalue weighted by Crippen LogP contribution is -2.19. The lowest BCUT2D eigenvalue weighted by atomic mass is 10.2. The number of hydrogen-bond acceptors (Lipinski definition) is 5. The first kappa shape index (κ1) is 24.4. The van der Waals surface area contributed by atoms with E-state index in [0.717, 1.165) is 17.1 Å². The third kappa shape index (κ3) is 6.64. The Hall–Kier alpha value is -4.76. The van der Waals surface area contributed by atoms with E-state index in [1.54, 1.807) is 55.6 Å². The van der Waals surface area contributed by atoms with E-state index in [9.17, 15) is 9.59 Å². The summed E-state index contributed by atoms with van der Waals surface area (Å²) in [7, 11) is 1.54. The Bertz CT molecular complexity index is 1360. The number of anilines is 3. The summed E-state index contributed by atoms with van der Waals surface area (Å²) in [6.07, 6.45) is 1.52. The predicted molar refractivity (Wildman–Crippen MR) is 145 cm³/mol. The third-order valence-corrected chi connectivity index (χ3v) is 5.18. The third-order valence-electron chi connectivity index (χ3n) is 4.98. The number of benzene rings is 3. The van der Waals surface area contributed by atoms with Crippen molar-refractivity contribution in [3.63, 3.8) is 0 Å². The number of para-hydroxylation sites is 1. The molecule has 4 N–H and O–H groups in total. The quantitative estimate of drug-likeness (QED) is 0.257. The lowest BCUT2D eigenvalue weighted by molar-refractivity contribution is 0.0957. The van der Waals surface area contributed by atoms with E-state index in [1.165, 1.54) is 6.20 Å². The normalized spacial score (nSPS) is 10.1. The fraction of sp³-hybridized carbons (Fsp3) is 0.0370. The fourth-order valence-corrected chi connectivity index (χ4v) is 3.43.